The average Bonchev–Trinajstić information content (AvgIpc) is 3.27. The summed E-state index contributed by atoms with van der Waals surface area (Å²) in [6, 6.07) is 35.7. The van der Waals surface area contributed by atoms with Crippen LogP contribution >= 0.6 is 0 Å². The summed E-state index contributed by atoms with van der Waals surface area (Å²) in [5.74, 6) is -5.29. The number of rotatable bonds is 13. The van der Waals surface area contributed by atoms with Crippen molar-refractivity contribution in [3.8, 4) is 0 Å². The zero-order valence-electron chi connectivity index (χ0n) is 30.2. The molecule has 0 spiro atoms. The van der Waals surface area contributed by atoms with Gasteiger partial charge in [-0.2, -0.15) is 0 Å². The Morgan fingerprint density at radius 3 is 1.40 bits per heavy atom. The van der Waals surface area contributed by atoms with E-state index in [-0.39, 0.29) is 33.5 Å². The van der Waals surface area contributed by atoms with Gasteiger partial charge in [0.25, 0.3) is 5.69 Å². The summed E-state index contributed by atoms with van der Waals surface area (Å²) in [5, 5.41) is 14.8. The quantitative estimate of drug-likeness (QED) is 0.0303. The SMILES string of the molecule is N/C(=N\OC(=O)c1ccc([N+](=O)[O-])cc1)[C@@H]1O[C@H](COC(=O)c2ccccc2)[C@@H](OC(=O)c2ccccc2)[C@H](OC(=O)c2ccccc2)[C@H]1OC(=O)c1ccccc1. The average molecular weight is 788 g/mol. The summed E-state index contributed by atoms with van der Waals surface area (Å²) in [6.45, 7) is -0.633. The van der Waals surface area contributed by atoms with Crippen LogP contribution in [-0.4, -0.2) is 77.7 Å². The lowest BCUT2D eigenvalue weighted by Gasteiger charge is -2.44. The molecule has 6 rings (SSSR count). The van der Waals surface area contributed by atoms with Crippen molar-refractivity contribution in [3.05, 3.63) is 184 Å². The van der Waals surface area contributed by atoms with E-state index in [1.54, 1.807) is 72.8 Å². The van der Waals surface area contributed by atoms with Gasteiger partial charge in [0.1, 0.15) is 12.7 Å². The standard InChI is InChI=1S/C42H33N3O13/c43-37(44-58-42(50)30-21-23-31(24-22-30)45(51)52)36-35(57-41(49)29-19-11-4-12-20-29)34(56-40(48)28-17-9-3-10-18-28)33(55-39(47)27-15-7-2-8-16-27)32(54-36)25-53-38(46)26-13-5-1-6-14-26/h1-24,32-36H,25H2,(H2,43,44)/t32-,33-,34+,35-,36-/m1/s1. The number of carbonyl (C=O) groups is 5. The van der Waals surface area contributed by atoms with Crippen LogP contribution in [-0.2, 0) is 28.5 Å². The fourth-order valence-electron chi connectivity index (χ4n) is 5.72. The lowest BCUT2D eigenvalue weighted by atomic mass is 9.93. The predicted molar refractivity (Wildman–Crippen MR) is 202 cm³/mol. The van der Waals surface area contributed by atoms with E-state index in [4.69, 9.17) is 34.3 Å². The van der Waals surface area contributed by atoms with Crippen LogP contribution < -0.4 is 5.73 Å². The number of benzene rings is 5. The number of oxime groups is 1. The summed E-state index contributed by atoms with van der Waals surface area (Å²) in [7, 11) is 0. The molecule has 16 nitrogen and oxygen atoms in total. The van der Waals surface area contributed by atoms with Gasteiger partial charge in [-0.05, 0) is 60.7 Å². The highest BCUT2D eigenvalue weighted by Gasteiger charge is 2.54. The number of nitrogens with zero attached hydrogens (tertiary/aromatic N) is 2. The second-order valence-corrected chi connectivity index (χ2v) is 12.5. The number of hydrogen-bond acceptors (Lipinski definition) is 14. The summed E-state index contributed by atoms with van der Waals surface area (Å²) in [5.41, 5.74) is 6.39. The Bertz CT molecular complexity index is 2270. The number of nitrogens with two attached hydrogens (primary N) is 1. The highest BCUT2D eigenvalue weighted by Crippen LogP contribution is 2.31. The zero-order chi connectivity index (χ0) is 41.0. The third-order valence-corrected chi connectivity index (χ3v) is 8.62. The minimum atomic E-state index is -1.77. The first-order chi connectivity index (χ1) is 28.1. The molecule has 5 aromatic carbocycles. The van der Waals surface area contributed by atoms with Crippen LogP contribution in [0.4, 0.5) is 5.69 Å². The first-order valence-electron chi connectivity index (χ1n) is 17.5. The number of hydrogen-bond donors (Lipinski definition) is 1. The van der Waals surface area contributed by atoms with Gasteiger partial charge in [-0.15, -0.1) is 0 Å². The van der Waals surface area contributed by atoms with Crippen LogP contribution in [0.3, 0.4) is 0 Å². The number of esters is 4. The second-order valence-electron chi connectivity index (χ2n) is 12.5. The number of nitro groups is 1. The van der Waals surface area contributed by atoms with Gasteiger partial charge >= 0.3 is 29.8 Å². The van der Waals surface area contributed by atoms with E-state index >= 15 is 0 Å². The predicted octanol–water partition coefficient (Wildman–Crippen LogP) is 5.33. The van der Waals surface area contributed by atoms with Gasteiger partial charge in [0.15, 0.2) is 30.3 Å². The molecule has 58 heavy (non-hydrogen) atoms. The first-order valence-corrected chi connectivity index (χ1v) is 17.5. The summed E-state index contributed by atoms with van der Waals surface area (Å²) in [6.07, 6.45) is -8.38. The first kappa shape index (κ1) is 40.0. The summed E-state index contributed by atoms with van der Waals surface area (Å²) < 4.78 is 29.8. The number of carbonyl (C=O) groups excluding carboxylic acids is 5. The minimum absolute atomic E-state index is 0.0613. The number of non-ortho nitro benzene ring substituents is 1. The van der Waals surface area contributed by atoms with Crippen LogP contribution in [0.2, 0.25) is 0 Å². The Morgan fingerprint density at radius 1 is 0.552 bits per heavy atom. The van der Waals surface area contributed by atoms with Gasteiger partial charge in [0.05, 0.1) is 32.7 Å². The Balaban J connectivity index is 1.41. The molecule has 5 atom stereocenters. The normalized spacial score (nSPS) is 18.8. The van der Waals surface area contributed by atoms with Gasteiger partial charge in [-0.25, -0.2) is 24.0 Å². The molecule has 1 aliphatic rings. The van der Waals surface area contributed by atoms with Crippen LogP contribution in [0.25, 0.3) is 0 Å². The van der Waals surface area contributed by atoms with Crippen LogP contribution in [0.5, 0.6) is 0 Å². The van der Waals surface area contributed by atoms with E-state index < -0.39 is 77.7 Å². The Labute approximate surface area is 329 Å². The third kappa shape index (κ3) is 9.92. The highest BCUT2D eigenvalue weighted by atomic mass is 16.7. The maximum Gasteiger partial charge on any atom is 0.365 e. The van der Waals surface area contributed by atoms with E-state index in [0.29, 0.717) is 0 Å². The van der Waals surface area contributed by atoms with Gasteiger partial charge in [0, 0.05) is 12.1 Å². The van der Waals surface area contributed by atoms with Crippen molar-refractivity contribution in [1.29, 1.82) is 0 Å². The van der Waals surface area contributed by atoms with E-state index in [1.807, 2.05) is 0 Å². The zero-order valence-corrected chi connectivity index (χ0v) is 30.2. The Hall–Kier alpha value is -7.72. The van der Waals surface area contributed by atoms with Crippen molar-refractivity contribution in [2.75, 3.05) is 6.61 Å². The topological polar surface area (TPSA) is 222 Å². The van der Waals surface area contributed by atoms with E-state index in [2.05, 4.69) is 5.16 Å². The Morgan fingerprint density at radius 2 is 0.948 bits per heavy atom. The van der Waals surface area contributed by atoms with Crippen molar-refractivity contribution in [1.82, 2.24) is 0 Å². The van der Waals surface area contributed by atoms with Crippen molar-refractivity contribution in [3.63, 3.8) is 0 Å². The molecular weight excluding hydrogens is 754 g/mol. The molecule has 0 radical (unpaired) electrons. The molecule has 16 heteroatoms. The molecule has 1 saturated heterocycles. The number of nitro benzene ring substituents is 1. The molecule has 294 valence electrons. The summed E-state index contributed by atoms with van der Waals surface area (Å²) in [4.78, 5) is 82.8. The maximum atomic E-state index is 13.8. The van der Waals surface area contributed by atoms with Crippen LogP contribution in [0.15, 0.2) is 151 Å². The molecule has 0 bridgehead atoms. The van der Waals surface area contributed by atoms with Gasteiger partial charge < -0.3 is 34.3 Å². The summed E-state index contributed by atoms with van der Waals surface area (Å²) >= 11 is 0. The van der Waals surface area contributed by atoms with E-state index in [0.717, 1.165) is 24.3 Å². The van der Waals surface area contributed by atoms with Crippen LogP contribution in [0.1, 0.15) is 51.8 Å². The molecule has 1 fully saturated rings. The fourth-order valence-corrected chi connectivity index (χ4v) is 5.72. The van der Waals surface area contributed by atoms with Gasteiger partial charge in [-0.1, -0.05) is 78.0 Å². The minimum Gasteiger partial charge on any atom is -0.459 e. The van der Waals surface area contributed by atoms with Crippen LogP contribution in [0, 0.1) is 10.1 Å². The third-order valence-electron chi connectivity index (χ3n) is 8.62. The molecule has 1 aliphatic heterocycles. The Kier molecular flexibility index (Phi) is 12.9. The monoisotopic (exact) mass is 787 g/mol. The maximum absolute atomic E-state index is 13.8. The van der Waals surface area contributed by atoms with Gasteiger partial charge in [-0.3, -0.25) is 10.1 Å². The number of amidine groups is 1. The molecule has 2 N–H and O–H groups in total. The molecule has 0 aliphatic carbocycles. The fraction of sp³-hybridized carbons (Fsp3) is 0.143. The van der Waals surface area contributed by atoms with Crippen molar-refractivity contribution in [2.24, 2.45) is 10.9 Å². The smallest absolute Gasteiger partial charge is 0.365 e. The molecule has 0 saturated carbocycles. The molecular formula is C42H33N3O13. The molecule has 0 aromatic heterocycles. The second kappa shape index (κ2) is 18.7. The van der Waals surface area contributed by atoms with E-state index in [1.165, 1.54) is 48.5 Å². The van der Waals surface area contributed by atoms with Crippen molar-refractivity contribution < 1.29 is 57.4 Å². The molecule has 1 heterocycles. The molecule has 5 aromatic rings. The molecule has 0 unspecified atom stereocenters. The van der Waals surface area contributed by atoms with Gasteiger partial charge in [0.2, 0.25) is 0 Å². The van der Waals surface area contributed by atoms with Crippen molar-refractivity contribution >= 4 is 41.4 Å². The lowest BCUT2D eigenvalue weighted by molar-refractivity contribution is -0.384. The van der Waals surface area contributed by atoms with E-state index in [9.17, 15) is 34.1 Å². The number of ether oxygens (including phenoxy) is 5. The largest absolute Gasteiger partial charge is 0.459 e. The highest BCUT2D eigenvalue weighted by molar-refractivity contribution is 5.94. The lowest BCUT2D eigenvalue weighted by Crippen LogP contribution is -2.65. The van der Waals surface area contributed by atoms with Crippen molar-refractivity contribution in [2.45, 2.75) is 30.5 Å². The molecule has 0 amide bonds.